The van der Waals surface area contributed by atoms with Crippen LogP contribution in [-0.4, -0.2) is 56.2 Å². The molecule has 2 fully saturated rings. The molecule has 1 amide bonds. The number of carboxylic acids is 1. The summed E-state index contributed by atoms with van der Waals surface area (Å²) in [6.07, 6.45) is -0.338. The molecule has 1 saturated carbocycles. The third-order valence-corrected chi connectivity index (χ3v) is 6.00. The first-order valence-electron chi connectivity index (χ1n) is 9.72. The van der Waals surface area contributed by atoms with Crippen LogP contribution >= 0.6 is 12.6 Å². The average molecular weight is 457 g/mol. The van der Waals surface area contributed by atoms with Gasteiger partial charge in [-0.05, 0) is 42.3 Å². The number of aromatic carboxylic acids is 1. The molecule has 1 aliphatic carbocycles. The van der Waals surface area contributed by atoms with E-state index in [0.29, 0.717) is 17.7 Å². The molecule has 1 saturated heterocycles. The second-order valence-electron chi connectivity index (χ2n) is 7.70. The number of hydrogen-bond donors (Lipinski definition) is 3. The van der Waals surface area contributed by atoms with Crippen molar-refractivity contribution in [1.29, 1.82) is 0 Å². The summed E-state index contributed by atoms with van der Waals surface area (Å²) in [6, 6.07) is 11.0. The maximum atomic E-state index is 12.8. The molecule has 2 unspecified atom stereocenters. The Hall–Kier alpha value is -3.60. The Balaban J connectivity index is 1.45. The zero-order chi connectivity index (χ0) is 23.0. The average Bonchev–Trinajstić information content (AvgIpc) is 3.13. The fourth-order valence-corrected chi connectivity index (χ4v) is 4.46. The highest BCUT2D eigenvalue weighted by molar-refractivity contribution is 7.81. The lowest BCUT2D eigenvalue weighted by molar-refractivity contribution is -0.384. The number of hydrogen-bond acceptors (Lipinski definition) is 8. The number of ether oxygens (including phenoxy) is 1. The summed E-state index contributed by atoms with van der Waals surface area (Å²) >= 11 is 4.45. The van der Waals surface area contributed by atoms with E-state index in [1.807, 2.05) is 0 Å². The number of benzene rings is 2. The zero-order valence-corrected chi connectivity index (χ0v) is 17.5. The molecule has 1 heterocycles. The van der Waals surface area contributed by atoms with Crippen molar-refractivity contribution in [2.45, 2.75) is 29.9 Å². The van der Waals surface area contributed by atoms with Crippen LogP contribution in [0.4, 0.5) is 16.2 Å². The van der Waals surface area contributed by atoms with E-state index < -0.39 is 28.6 Å². The molecule has 2 N–H and O–H groups in total. The van der Waals surface area contributed by atoms with Crippen LogP contribution in [0.2, 0.25) is 0 Å². The highest BCUT2D eigenvalue weighted by atomic mass is 32.1. The van der Waals surface area contributed by atoms with E-state index in [-0.39, 0.29) is 35.4 Å². The molecule has 3 atom stereocenters. The SMILES string of the molecule is O=C(O)c1cccc(N[C@H]2C(=O)C23CC(S)CN3C(=O)OCc2ccc([N+](=O)[O-])cc2)c1. The second-order valence-corrected chi connectivity index (χ2v) is 8.43. The first kappa shape index (κ1) is 21.6. The van der Waals surface area contributed by atoms with Gasteiger partial charge in [-0.15, -0.1) is 0 Å². The molecular weight excluding hydrogens is 438 g/mol. The molecule has 4 rings (SSSR count). The van der Waals surface area contributed by atoms with E-state index >= 15 is 0 Å². The van der Waals surface area contributed by atoms with Crippen molar-refractivity contribution in [2.75, 3.05) is 11.9 Å². The Morgan fingerprint density at radius 3 is 2.66 bits per heavy atom. The van der Waals surface area contributed by atoms with Gasteiger partial charge in [0.05, 0.1) is 10.5 Å². The minimum Gasteiger partial charge on any atom is -0.478 e. The lowest BCUT2D eigenvalue weighted by Crippen LogP contribution is -2.42. The first-order valence-corrected chi connectivity index (χ1v) is 10.2. The number of nitro groups is 1. The maximum Gasteiger partial charge on any atom is 0.411 e. The quantitative estimate of drug-likeness (QED) is 0.342. The van der Waals surface area contributed by atoms with Crippen molar-refractivity contribution >= 4 is 41.8 Å². The van der Waals surface area contributed by atoms with Gasteiger partial charge in [0.25, 0.3) is 5.69 Å². The molecule has 0 bridgehead atoms. The van der Waals surface area contributed by atoms with Crippen LogP contribution in [0.15, 0.2) is 48.5 Å². The molecule has 2 aliphatic rings. The van der Waals surface area contributed by atoms with Crippen LogP contribution < -0.4 is 5.32 Å². The van der Waals surface area contributed by atoms with Gasteiger partial charge in [-0.25, -0.2) is 9.59 Å². The third-order valence-electron chi connectivity index (χ3n) is 5.66. The van der Waals surface area contributed by atoms with E-state index in [2.05, 4.69) is 17.9 Å². The van der Waals surface area contributed by atoms with E-state index in [0.717, 1.165) is 0 Å². The van der Waals surface area contributed by atoms with Gasteiger partial charge < -0.3 is 15.2 Å². The number of rotatable bonds is 6. The number of nitrogens with zero attached hydrogens (tertiary/aromatic N) is 2. The van der Waals surface area contributed by atoms with E-state index in [1.54, 1.807) is 12.1 Å². The molecular formula is C21H19N3O7S. The van der Waals surface area contributed by atoms with Crippen molar-refractivity contribution in [1.82, 2.24) is 4.90 Å². The van der Waals surface area contributed by atoms with Crippen LogP contribution in [0.3, 0.4) is 0 Å². The lowest BCUT2D eigenvalue weighted by Gasteiger charge is -2.23. The van der Waals surface area contributed by atoms with Gasteiger partial charge in [0.1, 0.15) is 18.2 Å². The Labute approximate surface area is 187 Å². The van der Waals surface area contributed by atoms with Gasteiger partial charge >= 0.3 is 12.1 Å². The highest BCUT2D eigenvalue weighted by Crippen LogP contribution is 2.49. The van der Waals surface area contributed by atoms with Crippen molar-refractivity contribution in [3.63, 3.8) is 0 Å². The van der Waals surface area contributed by atoms with Crippen LogP contribution in [0.25, 0.3) is 0 Å². The number of amides is 1. The summed E-state index contributed by atoms with van der Waals surface area (Å²) in [7, 11) is 0. The van der Waals surface area contributed by atoms with Crippen LogP contribution in [0.1, 0.15) is 22.3 Å². The lowest BCUT2D eigenvalue weighted by atomic mass is 10.1. The predicted octanol–water partition coefficient (Wildman–Crippen LogP) is 2.74. The van der Waals surface area contributed by atoms with Gasteiger partial charge in [0.15, 0.2) is 5.78 Å². The molecule has 2 aromatic rings. The van der Waals surface area contributed by atoms with Crippen molar-refractivity contribution < 1.29 is 29.2 Å². The van der Waals surface area contributed by atoms with E-state index in [1.165, 1.54) is 41.3 Å². The summed E-state index contributed by atoms with van der Waals surface area (Å²) < 4.78 is 5.36. The number of carbonyl (C=O) groups excluding carboxylic acids is 2. The largest absolute Gasteiger partial charge is 0.478 e. The normalized spacial score (nSPS) is 23.8. The van der Waals surface area contributed by atoms with E-state index in [9.17, 15) is 24.5 Å². The summed E-state index contributed by atoms with van der Waals surface area (Å²) in [5.41, 5.74) is -0.0575. The number of carbonyl (C=O) groups is 3. The minimum atomic E-state index is -1.10. The van der Waals surface area contributed by atoms with Crippen LogP contribution in [0.5, 0.6) is 0 Å². The molecule has 11 heteroatoms. The van der Waals surface area contributed by atoms with Gasteiger partial charge in [0.2, 0.25) is 0 Å². The number of anilines is 1. The van der Waals surface area contributed by atoms with Crippen molar-refractivity contribution in [3.05, 3.63) is 69.8 Å². The predicted molar refractivity (Wildman–Crippen MR) is 116 cm³/mol. The van der Waals surface area contributed by atoms with Gasteiger partial charge in [-0.2, -0.15) is 12.6 Å². The Kier molecular flexibility index (Phi) is 5.51. The number of thiol groups is 1. The first-order chi connectivity index (χ1) is 15.2. The molecule has 10 nitrogen and oxygen atoms in total. The number of ketones is 1. The molecule has 0 aromatic heterocycles. The number of likely N-dealkylation sites (tertiary alicyclic amines) is 1. The molecule has 166 valence electrons. The van der Waals surface area contributed by atoms with Crippen molar-refractivity contribution in [3.8, 4) is 0 Å². The summed E-state index contributed by atoms with van der Waals surface area (Å²) in [5, 5.41) is 22.7. The maximum absolute atomic E-state index is 12.8. The summed E-state index contributed by atoms with van der Waals surface area (Å²) in [4.78, 5) is 48.3. The van der Waals surface area contributed by atoms with Crippen molar-refractivity contribution in [2.24, 2.45) is 0 Å². The monoisotopic (exact) mass is 457 g/mol. The van der Waals surface area contributed by atoms with Gasteiger partial charge in [-0.3, -0.25) is 19.8 Å². The molecule has 1 spiro atoms. The Morgan fingerprint density at radius 2 is 2.00 bits per heavy atom. The fraction of sp³-hybridized carbons (Fsp3) is 0.286. The number of nitro benzene ring substituents is 1. The van der Waals surface area contributed by atoms with Crippen LogP contribution in [0, 0.1) is 10.1 Å². The number of non-ortho nitro benzene ring substituents is 1. The topological polar surface area (TPSA) is 139 Å². The standard InChI is InChI=1S/C21H19N3O7S/c25-18-17(22-14-3-1-2-13(8-14)19(26)27)21(18)9-16(32)10-23(21)20(28)31-11-12-4-6-15(7-5-12)24(29)30/h1-8,16-17,22,32H,9-11H2,(H,26,27)/t16?,17-,21?/m0/s1. The zero-order valence-electron chi connectivity index (χ0n) is 16.6. The van der Waals surface area contributed by atoms with E-state index in [4.69, 9.17) is 9.84 Å². The molecule has 0 radical (unpaired) electrons. The van der Waals surface area contributed by atoms with Gasteiger partial charge in [-0.1, -0.05) is 6.07 Å². The molecule has 32 heavy (non-hydrogen) atoms. The minimum absolute atomic E-state index is 0.0686. The fourth-order valence-electron chi connectivity index (χ4n) is 4.02. The van der Waals surface area contributed by atoms with Gasteiger partial charge in [0, 0.05) is 29.6 Å². The Morgan fingerprint density at radius 1 is 1.28 bits per heavy atom. The second kappa shape index (κ2) is 8.15. The third kappa shape index (κ3) is 3.86. The summed E-state index contributed by atoms with van der Waals surface area (Å²) in [5.74, 6) is -1.28. The highest BCUT2D eigenvalue weighted by Gasteiger charge is 2.73. The number of nitrogens with one attached hydrogen (secondary N) is 1. The smallest absolute Gasteiger partial charge is 0.411 e. The van der Waals surface area contributed by atoms with Crippen LogP contribution in [-0.2, 0) is 16.1 Å². The Bertz CT molecular complexity index is 1110. The summed E-state index contributed by atoms with van der Waals surface area (Å²) in [6.45, 7) is 0.120. The molecule has 2 aromatic carbocycles. The number of carboxylic acid groups (broad SMARTS) is 1. The number of Topliss-reactive ketones (excluding diaryl/α,β-unsaturated/α-hetero) is 1. The molecule has 1 aliphatic heterocycles.